The molecule has 0 aliphatic carbocycles. The number of nitrogens with zero attached hydrogens (tertiary/aromatic N) is 3. The Morgan fingerprint density at radius 1 is 1.16 bits per heavy atom. The average molecular weight is 482 g/mol. The number of hydrogen-bond donors (Lipinski definition) is 0. The molecule has 2 aromatic rings. The largest absolute Gasteiger partial charge is 0.494 e. The highest BCUT2D eigenvalue weighted by atomic mass is 35.5. The summed E-state index contributed by atoms with van der Waals surface area (Å²) in [6.07, 6.45) is 0.830. The van der Waals surface area contributed by atoms with Gasteiger partial charge in [-0.3, -0.25) is 14.9 Å². The first-order valence-corrected chi connectivity index (χ1v) is 11.9. The lowest BCUT2D eigenvalue weighted by Gasteiger charge is -2.34. The van der Waals surface area contributed by atoms with E-state index in [-0.39, 0.29) is 42.7 Å². The summed E-state index contributed by atoms with van der Waals surface area (Å²) >= 11 is 5.99. The summed E-state index contributed by atoms with van der Waals surface area (Å²) in [7, 11) is -3.86. The van der Waals surface area contributed by atoms with Crippen molar-refractivity contribution >= 4 is 33.2 Å². The lowest BCUT2D eigenvalue weighted by atomic mass is 10.2. The molecule has 1 saturated heterocycles. The minimum Gasteiger partial charge on any atom is -0.494 e. The van der Waals surface area contributed by atoms with Crippen LogP contribution in [0.1, 0.15) is 18.4 Å². The third-order valence-corrected chi connectivity index (χ3v) is 7.51. The molecule has 0 unspecified atom stereocenters. The highest BCUT2D eigenvalue weighted by Crippen LogP contribution is 2.23. The van der Waals surface area contributed by atoms with E-state index in [4.69, 9.17) is 16.3 Å². The smallest absolute Gasteiger partial charge is 0.270 e. The average Bonchev–Trinajstić information content (AvgIpc) is 2.79. The molecule has 0 atom stereocenters. The van der Waals surface area contributed by atoms with Gasteiger partial charge in [0.15, 0.2) is 0 Å². The maximum Gasteiger partial charge on any atom is 0.270 e. The molecule has 0 N–H and O–H groups in total. The van der Waals surface area contributed by atoms with E-state index < -0.39 is 14.9 Å². The molecule has 11 heteroatoms. The normalized spacial score (nSPS) is 14.9. The first kappa shape index (κ1) is 24.0. The number of carbonyl (C=O) groups is 1. The number of non-ortho nitro benzene ring substituents is 1. The Morgan fingerprint density at radius 2 is 1.88 bits per heavy atom. The minimum atomic E-state index is -3.86. The number of nitro benzene ring substituents is 1. The topological polar surface area (TPSA) is 110 Å². The molecule has 0 bridgehead atoms. The molecular formula is C21H24ClN3O6S. The van der Waals surface area contributed by atoms with E-state index >= 15 is 0 Å². The Balaban J connectivity index is 1.47. The molecule has 0 radical (unpaired) electrons. The minimum absolute atomic E-state index is 0.0618. The summed E-state index contributed by atoms with van der Waals surface area (Å²) in [5.74, 6) is 0.632. The van der Waals surface area contributed by atoms with Gasteiger partial charge in [-0.2, -0.15) is 4.31 Å². The summed E-state index contributed by atoms with van der Waals surface area (Å²) in [5.41, 5.74) is 0.633. The van der Waals surface area contributed by atoms with Crippen molar-refractivity contribution in [3.63, 3.8) is 0 Å². The van der Waals surface area contributed by atoms with Crippen molar-refractivity contribution in [2.45, 2.75) is 24.7 Å². The van der Waals surface area contributed by atoms with E-state index in [1.165, 1.54) is 22.5 Å². The fourth-order valence-electron chi connectivity index (χ4n) is 3.36. The number of rotatable bonds is 8. The lowest BCUT2D eigenvalue weighted by molar-refractivity contribution is -0.385. The molecule has 1 fully saturated rings. The van der Waals surface area contributed by atoms with Gasteiger partial charge in [-0.15, -0.1) is 0 Å². The van der Waals surface area contributed by atoms with Gasteiger partial charge >= 0.3 is 0 Å². The van der Waals surface area contributed by atoms with E-state index in [1.807, 2.05) is 13.0 Å². The molecule has 1 amide bonds. The molecule has 32 heavy (non-hydrogen) atoms. The number of nitro groups is 1. The van der Waals surface area contributed by atoms with E-state index in [9.17, 15) is 23.3 Å². The van der Waals surface area contributed by atoms with Gasteiger partial charge in [0.25, 0.3) is 5.69 Å². The van der Waals surface area contributed by atoms with Crippen LogP contribution in [-0.2, 0) is 14.8 Å². The van der Waals surface area contributed by atoms with Crippen LogP contribution in [0.15, 0.2) is 47.4 Å². The lowest BCUT2D eigenvalue weighted by Crippen LogP contribution is -2.50. The number of hydrogen-bond acceptors (Lipinski definition) is 6. The number of benzene rings is 2. The van der Waals surface area contributed by atoms with E-state index in [1.54, 1.807) is 17.0 Å². The number of sulfonamides is 1. The van der Waals surface area contributed by atoms with Crippen LogP contribution in [0.4, 0.5) is 5.69 Å². The molecule has 1 aliphatic heterocycles. The summed E-state index contributed by atoms with van der Waals surface area (Å²) in [6, 6.07) is 10.4. The van der Waals surface area contributed by atoms with Gasteiger partial charge in [0.05, 0.1) is 16.4 Å². The first-order valence-electron chi connectivity index (χ1n) is 10.1. The Morgan fingerprint density at radius 3 is 2.53 bits per heavy atom. The van der Waals surface area contributed by atoms with Crippen LogP contribution in [0.25, 0.3) is 0 Å². The Hall–Kier alpha value is -2.69. The third-order valence-electron chi connectivity index (χ3n) is 5.19. The van der Waals surface area contributed by atoms with Gasteiger partial charge in [0, 0.05) is 49.8 Å². The van der Waals surface area contributed by atoms with Crippen molar-refractivity contribution in [2.75, 3.05) is 32.8 Å². The van der Waals surface area contributed by atoms with Crippen LogP contribution in [0.2, 0.25) is 5.02 Å². The second kappa shape index (κ2) is 10.3. The van der Waals surface area contributed by atoms with Crippen molar-refractivity contribution in [1.82, 2.24) is 9.21 Å². The number of ether oxygens (including phenoxy) is 1. The van der Waals surface area contributed by atoms with Crippen LogP contribution in [0.5, 0.6) is 5.75 Å². The number of amides is 1. The Labute approximate surface area is 191 Å². The van der Waals surface area contributed by atoms with Crippen LogP contribution in [0.3, 0.4) is 0 Å². The monoisotopic (exact) mass is 481 g/mol. The second-order valence-electron chi connectivity index (χ2n) is 7.40. The molecule has 2 aromatic carbocycles. The number of halogens is 1. The maximum absolute atomic E-state index is 12.8. The predicted molar refractivity (Wildman–Crippen MR) is 119 cm³/mol. The zero-order valence-electron chi connectivity index (χ0n) is 17.6. The van der Waals surface area contributed by atoms with Crippen molar-refractivity contribution in [2.24, 2.45) is 0 Å². The van der Waals surface area contributed by atoms with Crippen molar-refractivity contribution in [3.05, 3.63) is 63.2 Å². The zero-order chi connectivity index (χ0) is 23.3. The summed E-state index contributed by atoms with van der Waals surface area (Å²) in [6.45, 7) is 3.08. The number of aryl methyl sites for hydroxylation is 1. The van der Waals surface area contributed by atoms with Crippen molar-refractivity contribution < 1.29 is 22.9 Å². The third kappa shape index (κ3) is 5.76. The second-order valence-corrected chi connectivity index (χ2v) is 9.75. The predicted octanol–water partition coefficient (Wildman–Crippen LogP) is 3.25. The first-order chi connectivity index (χ1) is 15.2. The summed E-state index contributed by atoms with van der Waals surface area (Å²) in [5, 5.41) is 11.6. The van der Waals surface area contributed by atoms with E-state index in [0.29, 0.717) is 30.2 Å². The van der Waals surface area contributed by atoms with Crippen LogP contribution < -0.4 is 4.74 Å². The number of piperazine rings is 1. The van der Waals surface area contributed by atoms with E-state index in [0.717, 1.165) is 11.6 Å². The fourth-order valence-corrected chi connectivity index (χ4v) is 4.94. The molecule has 172 valence electrons. The molecule has 9 nitrogen and oxygen atoms in total. The Kier molecular flexibility index (Phi) is 7.70. The van der Waals surface area contributed by atoms with Gasteiger partial charge in [0.2, 0.25) is 15.9 Å². The standard InChI is InChI=1S/C21H24ClN3O6S/c1-16-14-18(7-8-20(16)22)31-13-3-6-21(26)23-9-11-24(12-10-23)32(29,30)19-5-2-4-17(15-19)25(27)28/h2,4-5,7-8,14-15H,3,6,9-13H2,1H3. The molecule has 1 heterocycles. The molecular weight excluding hydrogens is 458 g/mol. The summed E-state index contributed by atoms with van der Waals surface area (Å²) < 4.78 is 32.5. The van der Waals surface area contributed by atoms with Gasteiger partial charge < -0.3 is 9.64 Å². The van der Waals surface area contributed by atoms with Gasteiger partial charge in [-0.25, -0.2) is 8.42 Å². The van der Waals surface area contributed by atoms with Gasteiger partial charge in [0.1, 0.15) is 5.75 Å². The van der Waals surface area contributed by atoms with Crippen molar-refractivity contribution in [1.29, 1.82) is 0 Å². The highest BCUT2D eigenvalue weighted by molar-refractivity contribution is 7.89. The molecule has 1 aliphatic rings. The SMILES string of the molecule is Cc1cc(OCCCC(=O)N2CCN(S(=O)(=O)c3cccc([N+](=O)[O-])c3)CC2)ccc1Cl. The van der Waals surface area contributed by atoms with Crippen LogP contribution in [0, 0.1) is 17.0 Å². The van der Waals surface area contributed by atoms with Crippen LogP contribution in [-0.4, -0.2) is 61.2 Å². The zero-order valence-corrected chi connectivity index (χ0v) is 19.1. The molecule has 0 saturated carbocycles. The molecule has 3 rings (SSSR count). The van der Waals surface area contributed by atoms with Gasteiger partial charge in [-0.1, -0.05) is 17.7 Å². The molecule has 0 aromatic heterocycles. The maximum atomic E-state index is 12.8. The fraction of sp³-hybridized carbons (Fsp3) is 0.381. The summed E-state index contributed by atoms with van der Waals surface area (Å²) in [4.78, 5) is 24.3. The Bertz CT molecular complexity index is 1100. The van der Waals surface area contributed by atoms with Crippen molar-refractivity contribution in [3.8, 4) is 5.75 Å². The quantitative estimate of drug-likeness (QED) is 0.325. The highest BCUT2D eigenvalue weighted by Gasteiger charge is 2.30. The molecule has 0 spiro atoms. The van der Waals surface area contributed by atoms with Gasteiger partial charge in [-0.05, 0) is 43.2 Å². The van der Waals surface area contributed by atoms with Crippen LogP contribution >= 0.6 is 11.6 Å². The van der Waals surface area contributed by atoms with E-state index in [2.05, 4.69) is 0 Å². The number of carbonyl (C=O) groups excluding carboxylic acids is 1.